The molecule has 3 heteroatoms. The fourth-order valence-corrected chi connectivity index (χ4v) is 4.30. The molecule has 0 bridgehead atoms. The Kier molecular flexibility index (Phi) is 5.02. The van der Waals surface area contributed by atoms with Gasteiger partial charge in [0.15, 0.2) is 0 Å². The molecule has 1 N–H and O–H groups in total. The number of aryl methyl sites for hydroxylation is 2. The third-order valence-corrected chi connectivity index (χ3v) is 5.91. The Morgan fingerprint density at radius 1 is 1.11 bits per heavy atom. The van der Waals surface area contributed by atoms with E-state index in [0.717, 1.165) is 32.4 Å². The number of H-pyrrole nitrogens is 1. The molecule has 2 aromatic carbocycles. The van der Waals surface area contributed by atoms with Crippen molar-refractivity contribution >= 4 is 16.8 Å². The zero-order valence-corrected chi connectivity index (χ0v) is 16.3. The Hall–Kier alpha value is -2.55. The van der Waals surface area contributed by atoms with Gasteiger partial charge < -0.3 is 9.88 Å². The molecule has 27 heavy (non-hydrogen) atoms. The van der Waals surface area contributed by atoms with Crippen LogP contribution in [-0.2, 0) is 11.2 Å². The molecule has 3 aromatic rings. The highest BCUT2D eigenvalue weighted by atomic mass is 16.2. The highest BCUT2D eigenvalue weighted by Crippen LogP contribution is 2.35. The Morgan fingerprint density at radius 3 is 2.56 bits per heavy atom. The molecule has 0 unspecified atom stereocenters. The second kappa shape index (κ2) is 7.59. The van der Waals surface area contributed by atoms with E-state index in [0.29, 0.717) is 6.42 Å². The Balaban J connectivity index is 1.75. The van der Waals surface area contributed by atoms with Crippen molar-refractivity contribution in [1.29, 1.82) is 0 Å². The van der Waals surface area contributed by atoms with Gasteiger partial charge in [0.2, 0.25) is 5.91 Å². The zero-order chi connectivity index (χ0) is 18.8. The van der Waals surface area contributed by atoms with Crippen LogP contribution in [0.4, 0.5) is 0 Å². The molecule has 1 saturated heterocycles. The lowest BCUT2D eigenvalue weighted by Crippen LogP contribution is -2.29. The molecule has 140 valence electrons. The van der Waals surface area contributed by atoms with Crippen LogP contribution < -0.4 is 0 Å². The smallest absolute Gasteiger partial charge is 0.223 e. The molecule has 4 rings (SSSR count). The largest absolute Gasteiger partial charge is 0.361 e. The second-order valence-corrected chi connectivity index (χ2v) is 7.69. The SMILES string of the molecule is CCc1cccc2c([C@H](CC(=O)N3CCCC3)c3ccc(C)cc3)c[nH]c12. The molecule has 1 atom stereocenters. The number of hydrogen-bond acceptors (Lipinski definition) is 1. The van der Waals surface area contributed by atoms with Crippen LogP contribution in [0.2, 0.25) is 0 Å². The summed E-state index contributed by atoms with van der Waals surface area (Å²) in [5, 5.41) is 1.24. The maximum atomic E-state index is 13.0. The molecule has 1 fully saturated rings. The first-order valence-corrected chi connectivity index (χ1v) is 10.1. The van der Waals surface area contributed by atoms with E-state index in [-0.39, 0.29) is 11.8 Å². The van der Waals surface area contributed by atoms with Gasteiger partial charge in [-0.25, -0.2) is 0 Å². The molecule has 0 saturated carbocycles. The highest BCUT2D eigenvalue weighted by Gasteiger charge is 2.26. The number of benzene rings is 2. The predicted molar refractivity (Wildman–Crippen MR) is 111 cm³/mol. The minimum Gasteiger partial charge on any atom is -0.361 e. The Labute approximate surface area is 161 Å². The van der Waals surface area contributed by atoms with Gasteiger partial charge in [0.1, 0.15) is 0 Å². The van der Waals surface area contributed by atoms with Crippen LogP contribution in [0, 0.1) is 6.92 Å². The molecule has 3 nitrogen and oxygen atoms in total. The van der Waals surface area contributed by atoms with Crippen LogP contribution in [0.25, 0.3) is 10.9 Å². The number of fused-ring (bicyclic) bond motifs is 1. The number of carbonyl (C=O) groups is 1. The van der Waals surface area contributed by atoms with Gasteiger partial charge in [-0.1, -0.05) is 55.0 Å². The van der Waals surface area contributed by atoms with Gasteiger partial charge in [-0.15, -0.1) is 0 Å². The van der Waals surface area contributed by atoms with Gasteiger partial charge in [-0.05, 0) is 42.9 Å². The first-order chi connectivity index (χ1) is 13.2. The average molecular weight is 361 g/mol. The third kappa shape index (κ3) is 3.51. The van der Waals surface area contributed by atoms with Gasteiger partial charge >= 0.3 is 0 Å². The fourth-order valence-electron chi connectivity index (χ4n) is 4.30. The van der Waals surface area contributed by atoms with Crippen LogP contribution in [-0.4, -0.2) is 28.9 Å². The van der Waals surface area contributed by atoms with E-state index < -0.39 is 0 Å². The van der Waals surface area contributed by atoms with Gasteiger partial charge in [-0.2, -0.15) is 0 Å². The van der Waals surface area contributed by atoms with E-state index in [9.17, 15) is 4.79 Å². The monoisotopic (exact) mass is 360 g/mol. The van der Waals surface area contributed by atoms with E-state index in [1.54, 1.807) is 0 Å². The number of rotatable bonds is 5. The number of aromatic amines is 1. The lowest BCUT2D eigenvalue weighted by atomic mass is 9.87. The molecule has 0 spiro atoms. The number of hydrogen-bond donors (Lipinski definition) is 1. The van der Waals surface area contributed by atoms with E-state index in [2.05, 4.69) is 67.5 Å². The summed E-state index contributed by atoms with van der Waals surface area (Å²) in [5.74, 6) is 0.360. The lowest BCUT2D eigenvalue weighted by molar-refractivity contribution is -0.130. The number of amides is 1. The van der Waals surface area contributed by atoms with Gasteiger partial charge in [0.25, 0.3) is 0 Å². The topological polar surface area (TPSA) is 36.1 Å². The number of likely N-dealkylation sites (tertiary alicyclic amines) is 1. The molecule has 0 radical (unpaired) electrons. The molecule has 1 aromatic heterocycles. The number of nitrogens with one attached hydrogen (secondary N) is 1. The van der Waals surface area contributed by atoms with Crippen molar-refractivity contribution < 1.29 is 4.79 Å². The van der Waals surface area contributed by atoms with E-state index >= 15 is 0 Å². The molecular formula is C24H28N2O. The summed E-state index contributed by atoms with van der Waals surface area (Å²) in [5.41, 5.74) is 6.23. The predicted octanol–water partition coefficient (Wildman–Crippen LogP) is 5.18. The number of para-hydroxylation sites is 1. The first-order valence-electron chi connectivity index (χ1n) is 10.1. The van der Waals surface area contributed by atoms with Gasteiger partial charge in [-0.3, -0.25) is 4.79 Å². The van der Waals surface area contributed by atoms with Crippen molar-refractivity contribution in [3.63, 3.8) is 0 Å². The maximum Gasteiger partial charge on any atom is 0.223 e. The van der Waals surface area contributed by atoms with E-state index in [1.807, 2.05) is 4.90 Å². The molecular weight excluding hydrogens is 332 g/mol. The standard InChI is InChI=1S/C24H28N2O/c1-3-18-7-6-8-20-22(16-25-24(18)20)21(19-11-9-17(2)10-12-19)15-23(27)26-13-4-5-14-26/h6-12,16,21,25H,3-5,13-15H2,1-2H3/t21-/m1/s1. The normalized spacial score (nSPS) is 15.4. The van der Waals surface area contributed by atoms with E-state index in [1.165, 1.54) is 33.2 Å². The fraction of sp³-hybridized carbons (Fsp3) is 0.375. The van der Waals surface area contributed by atoms with Crippen LogP contribution >= 0.6 is 0 Å². The number of carbonyl (C=O) groups excluding carboxylic acids is 1. The summed E-state index contributed by atoms with van der Waals surface area (Å²) in [6.07, 6.45) is 5.92. The number of aromatic nitrogens is 1. The van der Waals surface area contributed by atoms with Crippen molar-refractivity contribution in [2.24, 2.45) is 0 Å². The van der Waals surface area contributed by atoms with Gasteiger partial charge in [0, 0.05) is 42.5 Å². The summed E-state index contributed by atoms with van der Waals surface area (Å²) in [7, 11) is 0. The van der Waals surface area contributed by atoms with Crippen LogP contribution in [0.15, 0.2) is 48.7 Å². The van der Waals surface area contributed by atoms with E-state index in [4.69, 9.17) is 0 Å². The zero-order valence-electron chi connectivity index (χ0n) is 16.3. The van der Waals surface area contributed by atoms with Crippen LogP contribution in [0.3, 0.4) is 0 Å². The van der Waals surface area contributed by atoms with Crippen LogP contribution in [0.5, 0.6) is 0 Å². The quantitative estimate of drug-likeness (QED) is 0.668. The summed E-state index contributed by atoms with van der Waals surface area (Å²) in [6, 6.07) is 15.2. The molecule has 1 aliphatic rings. The molecule has 1 aliphatic heterocycles. The Morgan fingerprint density at radius 2 is 1.85 bits per heavy atom. The van der Waals surface area contributed by atoms with Crippen molar-refractivity contribution in [2.45, 2.75) is 45.4 Å². The van der Waals surface area contributed by atoms with Crippen LogP contribution in [0.1, 0.15) is 54.4 Å². The first kappa shape index (κ1) is 17.8. The summed E-state index contributed by atoms with van der Waals surface area (Å²) in [6.45, 7) is 6.11. The van der Waals surface area contributed by atoms with Crippen molar-refractivity contribution in [3.8, 4) is 0 Å². The second-order valence-electron chi connectivity index (χ2n) is 7.69. The third-order valence-electron chi connectivity index (χ3n) is 5.91. The highest BCUT2D eigenvalue weighted by molar-refractivity contribution is 5.88. The number of nitrogens with zero attached hydrogens (tertiary/aromatic N) is 1. The molecule has 2 heterocycles. The van der Waals surface area contributed by atoms with Crippen molar-refractivity contribution in [3.05, 3.63) is 70.9 Å². The lowest BCUT2D eigenvalue weighted by Gasteiger charge is -2.21. The maximum absolute atomic E-state index is 13.0. The molecule has 1 amide bonds. The van der Waals surface area contributed by atoms with Gasteiger partial charge in [0.05, 0.1) is 0 Å². The molecule has 0 aliphatic carbocycles. The average Bonchev–Trinajstić information content (AvgIpc) is 3.36. The summed E-state index contributed by atoms with van der Waals surface area (Å²) >= 11 is 0. The minimum absolute atomic E-state index is 0.0829. The summed E-state index contributed by atoms with van der Waals surface area (Å²) < 4.78 is 0. The minimum atomic E-state index is 0.0829. The van der Waals surface area contributed by atoms with Crippen molar-refractivity contribution in [1.82, 2.24) is 9.88 Å². The summed E-state index contributed by atoms with van der Waals surface area (Å²) in [4.78, 5) is 18.5. The van der Waals surface area contributed by atoms with Crippen molar-refractivity contribution in [2.75, 3.05) is 13.1 Å². The Bertz CT molecular complexity index is 933.